The lowest BCUT2D eigenvalue weighted by Gasteiger charge is -2.51. The fourth-order valence-corrected chi connectivity index (χ4v) is 4.26. The number of ether oxygens (including phenoxy) is 1. The van der Waals surface area contributed by atoms with Crippen LogP contribution in [0.3, 0.4) is 0 Å². The van der Waals surface area contributed by atoms with Gasteiger partial charge in [-0.05, 0) is 31.6 Å². The van der Waals surface area contributed by atoms with E-state index >= 15 is 0 Å². The van der Waals surface area contributed by atoms with Gasteiger partial charge in [-0.1, -0.05) is 33.1 Å². The van der Waals surface area contributed by atoms with Crippen molar-refractivity contribution in [3.8, 4) is 0 Å². The Hall–Kier alpha value is -0.120. The summed E-state index contributed by atoms with van der Waals surface area (Å²) in [6.45, 7) is 9.00. The zero-order chi connectivity index (χ0) is 14.4. The molecule has 3 nitrogen and oxygen atoms in total. The Kier molecular flexibility index (Phi) is 6.31. The lowest BCUT2D eigenvalue weighted by molar-refractivity contribution is -0.00118. The Morgan fingerprint density at radius 2 is 1.85 bits per heavy atom. The van der Waals surface area contributed by atoms with E-state index < -0.39 is 0 Å². The first-order valence-corrected chi connectivity index (χ1v) is 8.73. The number of hydrogen-bond donors (Lipinski definition) is 1. The molecule has 0 aromatic rings. The highest BCUT2D eigenvalue weighted by molar-refractivity contribution is 4.99. The van der Waals surface area contributed by atoms with Crippen molar-refractivity contribution in [1.29, 1.82) is 0 Å². The zero-order valence-electron chi connectivity index (χ0n) is 13.8. The van der Waals surface area contributed by atoms with E-state index in [4.69, 9.17) is 4.74 Å². The number of hydrogen-bond acceptors (Lipinski definition) is 3. The van der Waals surface area contributed by atoms with Gasteiger partial charge in [0.2, 0.25) is 0 Å². The van der Waals surface area contributed by atoms with E-state index in [1.807, 2.05) is 7.11 Å². The van der Waals surface area contributed by atoms with E-state index in [9.17, 15) is 0 Å². The number of piperazine rings is 1. The molecule has 1 N–H and O–H groups in total. The first-order valence-electron chi connectivity index (χ1n) is 8.73. The largest absolute Gasteiger partial charge is 0.383 e. The molecule has 1 aliphatic carbocycles. The van der Waals surface area contributed by atoms with Gasteiger partial charge in [-0.3, -0.25) is 4.90 Å². The van der Waals surface area contributed by atoms with Crippen molar-refractivity contribution in [1.82, 2.24) is 10.2 Å². The molecule has 3 heteroatoms. The summed E-state index contributed by atoms with van der Waals surface area (Å²) in [6.07, 6.45) is 9.66. The third-order valence-electron chi connectivity index (χ3n) is 5.88. The average molecular weight is 282 g/mol. The van der Waals surface area contributed by atoms with Gasteiger partial charge < -0.3 is 10.1 Å². The summed E-state index contributed by atoms with van der Waals surface area (Å²) >= 11 is 0. The number of methoxy groups -OCH3 is 1. The van der Waals surface area contributed by atoms with Gasteiger partial charge in [0.15, 0.2) is 0 Å². The van der Waals surface area contributed by atoms with E-state index in [-0.39, 0.29) is 0 Å². The van der Waals surface area contributed by atoms with Crippen LogP contribution in [0.1, 0.15) is 58.8 Å². The van der Waals surface area contributed by atoms with Crippen molar-refractivity contribution in [2.75, 3.05) is 33.4 Å². The number of nitrogens with zero attached hydrogens (tertiary/aromatic N) is 1. The molecule has 2 rings (SSSR count). The summed E-state index contributed by atoms with van der Waals surface area (Å²) in [7, 11) is 1.82. The highest BCUT2D eigenvalue weighted by atomic mass is 16.5. The van der Waals surface area contributed by atoms with Crippen molar-refractivity contribution in [3.63, 3.8) is 0 Å². The quantitative estimate of drug-likeness (QED) is 0.810. The fourth-order valence-electron chi connectivity index (χ4n) is 4.26. The van der Waals surface area contributed by atoms with Crippen molar-refractivity contribution in [2.45, 2.75) is 70.4 Å². The maximum Gasteiger partial charge on any atom is 0.0589 e. The normalized spacial score (nSPS) is 28.6. The summed E-state index contributed by atoms with van der Waals surface area (Å²) < 4.78 is 5.35. The highest BCUT2D eigenvalue weighted by Crippen LogP contribution is 2.32. The molecule has 1 saturated carbocycles. The molecule has 1 saturated heterocycles. The topological polar surface area (TPSA) is 24.5 Å². The minimum Gasteiger partial charge on any atom is -0.383 e. The van der Waals surface area contributed by atoms with Crippen LogP contribution >= 0.6 is 0 Å². The molecule has 0 bridgehead atoms. The molecule has 0 radical (unpaired) electrons. The van der Waals surface area contributed by atoms with Crippen molar-refractivity contribution < 1.29 is 4.74 Å². The minimum atomic E-state index is 0.351. The molecule has 20 heavy (non-hydrogen) atoms. The third kappa shape index (κ3) is 3.55. The van der Waals surface area contributed by atoms with Crippen LogP contribution in [0.15, 0.2) is 0 Å². The van der Waals surface area contributed by atoms with E-state index in [0.717, 1.165) is 25.6 Å². The Balaban J connectivity index is 2.00. The van der Waals surface area contributed by atoms with E-state index in [1.54, 1.807) is 0 Å². The standard InChI is InChI=1S/C17H34N2O/c1-4-17(5-2)14-18-16(13-19(17)11-12-20-3)15-9-7-6-8-10-15/h15-16,18H,4-14H2,1-3H3. The molecule has 2 aliphatic rings. The van der Waals surface area contributed by atoms with E-state index in [2.05, 4.69) is 24.1 Å². The molecule has 1 atom stereocenters. The average Bonchev–Trinajstić information content (AvgIpc) is 2.53. The van der Waals surface area contributed by atoms with Crippen molar-refractivity contribution >= 4 is 0 Å². The van der Waals surface area contributed by atoms with Crippen LogP contribution < -0.4 is 5.32 Å². The molecule has 0 amide bonds. The van der Waals surface area contributed by atoms with Gasteiger partial charge in [-0.15, -0.1) is 0 Å². The molecule has 1 unspecified atom stereocenters. The SMILES string of the molecule is CCC1(CC)CNC(C2CCCCC2)CN1CCOC. The van der Waals surface area contributed by atoms with Gasteiger partial charge in [0.05, 0.1) is 6.61 Å². The molecule has 1 aliphatic heterocycles. The first-order chi connectivity index (χ1) is 9.75. The Bertz CT molecular complexity index is 272. The van der Waals surface area contributed by atoms with Gasteiger partial charge >= 0.3 is 0 Å². The first kappa shape index (κ1) is 16.3. The Labute approximate surface area is 125 Å². The van der Waals surface area contributed by atoms with Crippen LogP contribution in [0.5, 0.6) is 0 Å². The van der Waals surface area contributed by atoms with Crippen LogP contribution in [-0.4, -0.2) is 49.8 Å². The smallest absolute Gasteiger partial charge is 0.0589 e. The van der Waals surface area contributed by atoms with Crippen LogP contribution in [0.4, 0.5) is 0 Å². The van der Waals surface area contributed by atoms with Gasteiger partial charge in [0.1, 0.15) is 0 Å². The number of rotatable bonds is 6. The van der Waals surface area contributed by atoms with Gasteiger partial charge in [0.25, 0.3) is 0 Å². The van der Waals surface area contributed by atoms with Crippen LogP contribution in [0.2, 0.25) is 0 Å². The summed E-state index contributed by atoms with van der Waals surface area (Å²) in [5.41, 5.74) is 0.351. The van der Waals surface area contributed by atoms with E-state index in [1.165, 1.54) is 51.5 Å². The number of nitrogens with one attached hydrogen (secondary N) is 1. The second kappa shape index (κ2) is 7.77. The van der Waals surface area contributed by atoms with Gasteiger partial charge in [-0.2, -0.15) is 0 Å². The lowest BCUT2D eigenvalue weighted by Crippen LogP contribution is -2.66. The third-order valence-corrected chi connectivity index (χ3v) is 5.88. The maximum absolute atomic E-state index is 5.35. The molecule has 0 aromatic carbocycles. The predicted octanol–water partition coefficient (Wildman–Crippen LogP) is 3.05. The van der Waals surface area contributed by atoms with Crippen LogP contribution in [-0.2, 0) is 4.74 Å². The Morgan fingerprint density at radius 3 is 2.45 bits per heavy atom. The second-order valence-corrected chi connectivity index (χ2v) is 6.76. The fraction of sp³-hybridized carbons (Fsp3) is 1.00. The van der Waals surface area contributed by atoms with E-state index in [0.29, 0.717) is 11.6 Å². The molecule has 0 spiro atoms. The summed E-state index contributed by atoms with van der Waals surface area (Å²) in [5.74, 6) is 0.903. The second-order valence-electron chi connectivity index (χ2n) is 6.76. The van der Waals surface area contributed by atoms with Crippen molar-refractivity contribution in [2.24, 2.45) is 5.92 Å². The molecule has 0 aromatic heterocycles. The highest BCUT2D eigenvalue weighted by Gasteiger charge is 2.40. The molecule has 2 fully saturated rings. The maximum atomic E-state index is 5.35. The molecule has 1 heterocycles. The summed E-state index contributed by atoms with van der Waals surface area (Å²) in [6, 6.07) is 0.707. The van der Waals surface area contributed by atoms with Gasteiger partial charge in [-0.25, -0.2) is 0 Å². The van der Waals surface area contributed by atoms with Crippen molar-refractivity contribution in [3.05, 3.63) is 0 Å². The Morgan fingerprint density at radius 1 is 1.15 bits per heavy atom. The van der Waals surface area contributed by atoms with Crippen LogP contribution in [0.25, 0.3) is 0 Å². The lowest BCUT2D eigenvalue weighted by atomic mass is 9.79. The molecule has 118 valence electrons. The van der Waals surface area contributed by atoms with Gasteiger partial charge in [0, 0.05) is 38.3 Å². The summed E-state index contributed by atoms with van der Waals surface area (Å²) in [5, 5.41) is 3.91. The summed E-state index contributed by atoms with van der Waals surface area (Å²) in [4.78, 5) is 2.73. The zero-order valence-corrected chi connectivity index (χ0v) is 13.8. The predicted molar refractivity (Wildman–Crippen MR) is 85.1 cm³/mol. The minimum absolute atomic E-state index is 0.351. The molecular formula is C17H34N2O. The van der Waals surface area contributed by atoms with Crippen LogP contribution in [0, 0.1) is 5.92 Å². The monoisotopic (exact) mass is 282 g/mol. The molecular weight excluding hydrogens is 248 g/mol.